The SMILES string of the molecule is C#CCOC(=O)c1cncc(C(=O)O)c1. The maximum Gasteiger partial charge on any atom is 0.340 e. The van der Waals surface area contributed by atoms with E-state index in [9.17, 15) is 9.59 Å². The van der Waals surface area contributed by atoms with Gasteiger partial charge in [-0.05, 0) is 6.07 Å². The zero-order valence-electron chi connectivity index (χ0n) is 7.64. The fourth-order valence-corrected chi connectivity index (χ4v) is 0.859. The zero-order chi connectivity index (χ0) is 11.3. The summed E-state index contributed by atoms with van der Waals surface area (Å²) in [5.74, 6) is 0.277. The van der Waals surface area contributed by atoms with E-state index in [2.05, 4.69) is 15.6 Å². The van der Waals surface area contributed by atoms with Crippen LogP contribution in [-0.2, 0) is 4.74 Å². The number of nitrogens with zero attached hydrogens (tertiary/aromatic N) is 1. The van der Waals surface area contributed by atoms with Gasteiger partial charge in [0.25, 0.3) is 0 Å². The highest BCUT2D eigenvalue weighted by atomic mass is 16.5. The number of pyridine rings is 1. The molecule has 1 N–H and O–H groups in total. The van der Waals surface area contributed by atoms with Crippen LogP contribution in [0.2, 0.25) is 0 Å². The lowest BCUT2D eigenvalue weighted by molar-refractivity contribution is 0.0556. The largest absolute Gasteiger partial charge is 0.478 e. The molecule has 0 aliphatic carbocycles. The van der Waals surface area contributed by atoms with E-state index >= 15 is 0 Å². The molecule has 0 saturated carbocycles. The molecule has 0 spiro atoms. The number of carbonyl (C=O) groups excluding carboxylic acids is 1. The number of ether oxygens (including phenoxy) is 1. The van der Waals surface area contributed by atoms with Crippen molar-refractivity contribution in [3.63, 3.8) is 0 Å². The molecular weight excluding hydrogens is 198 g/mol. The highest BCUT2D eigenvalue weighted by Gasteiger charge is 2.10. The topological polar surface area (TPSA) is 76.5 Å². The van der Waals surface area contributed by atoms with E-state index in [1.807, 2.05) is 0 Å². The lowest BCUT2D eigenvalue weighted by atomic mass is 10.2. The Morgan fingerprint density at radius 3 is 2.73 bits per heavy atom. The molecule has 0 fully saturated rings. The predicted octanol–water partition coefficient (Wildman–Crippen LogP) is 0.570. The Hall–Kier alpha value is -2.35. The number of carbonyl (C=O) groups is 2. The van der Waals surface area contributed by atoms with Crippen LogP contribution in [0.15, 0.2) is 18.5 Å². The Labute approximate surface area is 85.7 Å². The van der Waals surface area contributed by atoms with Gasteiger partial charge in [-0.25, -0.2) is 9.59 Å². The first-order valence-electron chi connectivity index (χ1n) is 3.94. The molecule has 1 heterocycles. The van der Waals surface area contributed by atoms with E-state index in [1.54, 1.807) is 0 Å². The number of rotatable bonds is 3. The monoisotopic (exact) mass is 205 g/mol. The lowest BCUT2D eigenvalue weighted by Gasteiger charge is -2.00. The highest BCUT2D eigenvalue weighted by molar-refractivity contribution is 5.93. The smallest absolute Gasteiger partial charge is 0.340 e. The quantitative estimate of drug-likeness (QED) is 0.576. The summed E-state index contributed by atoms with van der Waals surface area (Å²) in [4.78, 5) is 25.4. The van der Waals surface area contributed by atoms with Crippen molar-refractivity contribution >= 4 is 11.9 Å². The van der Waals surface area contributed by atoms with Crippen molar-refractivity contribution in [2.24, 2.45) is 0 Å². The van der Waals surface area contributed by atoms with Gasteiger partial charge in [-0.3, -0.25) is 4.98 Å². The van der Waals surface area contributed by atoms with Crippen LogP contribution in [0.4, 0.5) is 0 Å². The number of hydrogen-bond donors (Lipinski definition) is 1. The molecule has 76 valence electrons. The lowest BCUT2D eigenvalue weighted by Crippen LogP contribution is -2.07. The Bertz CT molecular complexity index is 433. The molecule has 1 aromatic rings. The van der Waals surface area contributed by atoms with Gasteiger partial charge < -0.3 is 9.84 Å². The minimum atomic E-state index is -1.16. The van der Waals surface area contributed by atoms with Crippen LogP contribution in [0.1, 0.15) is 20.7 Å². The van der Waals surface area contributed by atoms with Crippen molar-refractivity contribution in [1.29, 1.82) is 0 Å². The van der Waals surface area contributed by atoms with Crippen molar-refractivity contribution in [1.82, 2.24) is 4.98 Å². The van der Waals surface area contributed by atoms with Crippen molar-refractivity contribution in [2.45, 2.75) is 0 Å². The molecular formula is C10H7NO4. The Kier molecular flexibility index (Phi) is 3.41. The average Bonchev–Trinajstić information content (AvgIpc) is 2.26. The molecule has 5 heteroatoms. The minimum absolute atomic E-state index is 0.0603. The molecule has 1 rings (SSSR count). The Morgan fingerprint density at radius 1 is 1.47 bits per heavy atom. The predicted molar refractivity (Wildman–Crippen MR) is 50.3 cm³/mol. The maximum atomic E-state index is 11.2. The van der Waals surface area contributed by atoms with Crippen molar-refractivity contribution in [3.05, 3.63) is 29.6 Å². The fourth-order valence-electron chi connectivity index (χ4n) is 0.859. The molecule has 0 atom stereocenters. The summed E-state index contributed by atoms with van der Waals surface area (Å²) in [6.07, 6.45) is 7.25. The van der Waals surface area contributed by atoms with Gasteiger partial charge in [0.1, 0.15) is 0 Å². The molecule has 0 aliphatic rings. The third kappa shape index (κ3) is 2.81. The van der Waals surface area contributed by atoms with Crippen LogP contribution < -0.4 is 0 Å². The van der Waals surface area contributed by atoms with Crippen molar-refractivity contribution in [2.75, 3.05) is 6.61 Å². The van der Waals surface area contributed by atoms with Crippen molar-refractivity contribution in [3.8, 4) is 12.3 Å². The summed E-state index contributed by atoms with van der Waals surface area (Å²) in [5.41, 5.74) is -0.0182. The second-order valence-electron chi connectivity index (χ2n) is 2.55. The molecule has 0 saturated heterocycles. The minimum Gasteiger partial charge on any atom is -0.478 e. The molecule has 0 amide bonds. The van der Waals surface area contributed by atoms with Crippen LogP contribution in [0.5, 0.6) is 0 Å². The second-order valence-corrected chi connectivity index (χ2v) is 2.55. The summed E-state index contributed by atoms with van der Waals surface area (Å²) < 4.78 is 4.60. The van der Waals surface area contributed by atoms with E-state index in [0.29, 0.717) is 0 Å². The van der Waals surface area contributed by atoms with E-state index in [1.165, 1.54) is 12.3 Å². The first-order chi connectivity index (χ1) is 7.15. The number of terminal acetylenes is 1. The van der Waals surface area contributed by atoms with E-state index in [-0.39, 0.29) is 17.7 Å². The van der Waals surface area contributed by atoms with E-state index in [0.717, 1.165) is 6.20 Å². The number of carboxylic acids is 1. The first kappa shape index (κ1) is 10.7. The van der Waals surface area contributed by atoms with Gasteiger partial charge in [0.2, 0.25) is 0 Å². The molecule has 0 radical (unpaired) electrons. The molecule has 0 aromatic carbocycles. The molecule has 0 aliphatic heterocycles. The number of hydrogen-bond acceptors (Lipinski definition) is 4. The van der Waals surface area contributed by atoms with Crippen LogP contribution in [0.25, 0.3) is 0 Å². The van der Waals surface area contributed by atoms with Gasteiger partial charge >= 0.3 is 11.9 Å². The average molecular weight is 205 g/mol. The van der Waals surface area contributed by atoms with Crippen LogP contribution in [0.3, 0.4) is 0 Å². The standard InChI is InChI=1S/C10H7NO4/c1-2-3-15-10(14)8-4-7(9(12)13)5-11-6-8/h1,4-6H,3H2,(H,12,13). The maximum absolute atomic E-state index is 11.2. The molecule has 15 heavy (non-hydrogen) atoms. The van der Waals surface area contributed by atoms with Gasteiger partial charge in [-0.15, -0.1) is 6.42 Å². The highest BCUT2D eigenvalue weighted by Crippen LogP contribution is 2.04. The molecule has 5 nitrogen and oxygen atoms in total. The molecule has 1 aromatic heterocycles. The summed E-state index contributed by atoms with van der Waals surface area (Å²) in [6.45, 7) is -0.157. The third-order valence-corrected chi connectivity index (χ3v) is 1.51. The van der Waals surface area contributed by atoms with Gasteiger partial charge in [0, 0.05) is 12.4 Å². The number of aromatic nitrogens is 1. The van der Waals surface area contributed by atoms with Gasteiger partial charge in [0.15, 0.2) is 6.61 Å². The van der Waals surface area contributed by atoms with Gasteiger partial charge in [-0.1, -0.05) is 5.92 Å². The molecule has 0 unspecified atom stereocenters. The van der Waals surface area contributed by atoms with Gasteiger partial charge in [0.05, 0.1) is 11.1 Å². The summed E-state index contributed by atoms with van der Waals surface area (Å²) in [5, 5.41) is 8.64. The number of aromatic carboxylic acids is 1. The Morgan fingerprint density at radius 2 is 2.13 bits per heavy atom. The van der Waals surface area contributed by atoms with Crippen LogP contribution >= 0.6 is 0 Å². The number of carboxylic acid groups (broad SMARTS) is 1. The third-order valence-electron chi connectivity index (χ3n) is 1.51. The number of esters is 1. The van der Waals surface area contributed by atoms with Crippen molar-refractivity contribution < 1.29 is 19.4 Å². The van der Waals surface area contributed by atoms with E-state index in [4.69, 9.17) is 11.5 Å². The zero-order valence-corrected chi connectivity index (χ0v) is 7.64. The second kappa shape index (κ2) is 4.77. The normalized spacial score (nSPS) is 9.00. The van der Waals surface area contributed by atoms with E-state index < -0.39 is 11.9 Å². The van der Waals surface area contributed by atoms with Crippen LogP contribution in [-0.4, -0.2) is 28.6 Å². The summed E-state index contributed by atoms with van der Waals surface area (Å²) in [6, 6.07) is 1.17. The fraction of sp³-hybridized carbons (Fsp3) is 0.100. The first-order valence-corrected chi connectivity index (χ1v) is 3.94. The van der Waals surface area contributed by atoms with Gasteiger partial charge in [-0.2, -0.15) is 0 Å². The Balaban J connectivity index is 2.86. The molecule has 0 bridgehead atoms. The summed E-state index contributed by atoms with van der Waals surface area (Å²) >= 11 is 0. The van der Waals surface area contributed by atoms with Crippen LogP contribution in [0, 0.1) is 12.3 Å². The summed E-state index contributed by atoms with van der Waals surface area (Å²) in [7, 11) is 0.